The van der Waals surface area contributed by atoms with Crippen LogP contribution in [-0.2, 0) is 0 Å². The van der Waals surface area contributed by atoms with E-state index >= 15 is 0 Å². The molecule has 1 saturated carbocycles. The lowest BCUT2D eigenvalue weighted by atomic mass is 10.0. The normalized spacial score (nSPS) is 15.1. The van der Waals surface area contributed by atoms with E-state index in [1.807, 2.05) is 0 Å². The van der Waals surface area contributed by atoms with E-state index in [4.69, 9.17) is 0 Å². The van der Waals surface area contributed by atoms with Gasteiger partial charge in [-0.2, -0.15) is 5.10 Å². The highest BCUT2D eigenvalue weighted by Gasteiger charge is 2.16. The van der Waals surface area contributed by atoms with E-state index in [0.717, 1.165) is 12.3 Å². The Morgan fingerprint density at radius 3 is 2.82 bits per heavy atom. The lowest BCUT2D eigenvalue weighted by Gasteiger charge is -2.08. The summed E-state index contributed by atoms with van der Waals surface area (Å²) in [6.07, 6.45) is 7.80. The molecule has 1 amide bonds. The maximum Gasteiger partial charge on any atom is 0.271 e. The van der Waals surface area contributed by atoms with E-state index in [0.29, 0.717) is 17.9 Å². The number of nitrogens with one attached hydrogen (secondary N) is 1. The number of rotatable bonds is 5. The van der Waals surface area contributed by atoms with Crippen molar-refractivity contribution in [3.05, 3.63) is 48.0 Å². The molecule has 1 N–H and O–H groups in total. The predicted octanol–water partition coefficient (Wildman–Crippen LogP) is 3.32. The first-order valence-corrected chi connectivity index (χ1v) is 7.83. The predicted molar refractivity (Wildman–Crippen MR) is 82.4 cm³/mol. The number of hydrogen-bond acceptors (Lipinski definition) is 2. The van der Waals surface area contributed by atoms with Crippen LogP contribution in [0.5, 0.6) is 0 Å². The first-order chi connectivity index (χ1) is 10.7. The molecule has 0 spiro atoms. The first-order valence-electron chi connectivity index (χ1n) is 7.83. The fraction of sp³-hybridized carbons (Fsp3) is 0.412. The highest BCUT2D eigenvalue weighted by atomic mass is 19.1. The van der Waals surface area contributed by atoms with Crippen molar-refractivity contribution in [3.63, 3.8) is 0 Å². The summed E-state index contributed by atoms with van der Waals surface area (Å²) >= 11 is 0. The second-order valence-electron chi connectivity index (χ2n) is 5.79. The van der Waals surface area contributed by atoms with E-state index in [1.165, 1.54) is 36.4 Å². The Morgan fingerprint density at radius 2 is 2.05 bits per heavy atom. The fourth-order valence-corrected chi connectivity index (χ4v) is 3.00. The maximum absolute atomic E-state index is 13.7. The van der Waals surface area contributed by atoms with E-state index in [2.05, 4.69) is 10.4 Å². The zero-order valence-corrected chi connectivity index (χ0v) is 12.5. The third-order valence-corrected chi connectivity index (χ3v) is 4.23. The fourth-order valence-electron chi connectivity index (χ4n) is 3.00. The molecule has 1 heterocycles. The lowest BCUT2D eigenvalue weighted by molar-refractivity contribution is 0.0946. The van der Waals surface area contributed by atoms with Gasteiger partial charge in [0.2, 0.25) is 0 Å². The van der Waals surface area contributed by atoms with Crippen LogP contribution in [0, 0.1) is 11.7 Å². The van der Waals surface area contributed by atoms with Gasteiger partial charge in [0.1, 0.15) is 11.5 Å². The molecule has 0 radical (unpaired) electrons. The van der Waals surface area contributed by atoms with Gasteiger partial charge < -0.3 is 5.32 Å². The van der Waals surface area contributed by atoms with Crippen molar-refractivity contribution in [2.75, 3.05) is 6.54 Å². The van der Waals surface area contributed by atoms with Crippen molar-refractivity contribution < 1.29 is 9.18 Å². The van der Waals surface area contributed by atoms with Gasteiger partial charge in [0.15, 0.2) is 5.69 Å². The molecule has 0 saturated heterocycles. The Balaban J connectivity index is 1.58. The van der Waals surface area contributed by atoms with Gasteiger partial charge in [-0.3, -0.25) is 4.79 Å². The number of carbonyl (C=O) groups excluding carboxylic acids is 1. The average molecular weight is 301 g/mol. The number of para-hydroxylation sites is 1. The molecule has 2 aromatic rings. The largest absolute Gasteiger partial charge is 0.351 e. The third kappa shape index (κ3) is 3.35. The van der Waals surface area contributed by atoms with Gasteiger partial charge in [-0.1, -0.05) is 37.8 Å². The average Bonchev–Trinajstić information content (AvgIpc) is 3.19. The molecule has 1 aliphatic rings. The summed E-state index contributed by atoms with van der Waals surface area (Å²) in [4.78, 5) is 12.1. The number of hydrogen-bond donors (Lipinski definition) is 1. The second kappa shape index (κ2) is 6.73. The number of carbonyl (C=O) groups is 1. The van der Waals surface area contributed by atoms with E-state index in [1.54, 1.807) is 30.5 Å². The summed E-state index contributed by atoms with van der Waals surface area (Å²) in [7, 11) is 0. The standard InChI is InChI=1S/C17H20FN3O/c18-14-7-3-4-8-16(14)21-12-10-15(20-21)17(22)19-11-9-13-5-1-2-6-13/h3-4,7-8,10,12-13H,1-2,5-6,9,11H2,(H,19,22). The van der Waals surface area contributed by atoms with Crippen molar-refractivity contribution in [2.45, 2.75) is 32.1 Å². The summed E-state index contributed by atoms with van der Waals surface area (Å²) in [5, 5.41) is 7.05. The molecule has 116 valence electrons. The molecule has 1 aliphatic carbocycles. The second-order valence-corrected chi connectivity index (χ2v) is 5.79. The van der Waals surface area contributed by atoms with Crippen molar-refractivity contribution in [1.29, 1.82) is 0 Å². The molecule has 0 unspecified atom stereocenters. The van der Waals surface area contributed by atoms with Crippen molar-refractivity contribution in [3.8, 4) is 5.69 Å². The minimum Gasteiger partial charge on any atom is -0.351 e. The van der Waals surface area contributed by atoms with Crippen LogP contribution in [0.4, 0.5) is 4.39 Å². The minimum atomic E-state index is -0.362. The molecular weight excluding hydrogens is 281 g/mol. The van der Waals surface area contributed by atoms with Crippen LogP contribution in [0.1, 0.15) is 42.6 Å². The Bertz CT molecular complexity index is 647. The van der Waals surface area contributed by atoms with Gasteiger partial charge in [-0.05, 0) is 30.5 Å². The molecule has 4 nitrogen and oxygen atoms in total. The van der Waals surface area contributed by atoms with Gasteiger partial charge in [0.25, 0.3) is 5.91 Å². The van der Waals surface area contributed by atoms with Crippen LogP contribution >= 0.6 is 0 Å². The Morgan fingerprint density at radius 1 is 1.27 bits per heavy atom. The SMILES string of the molecule is O=C(NCCC1CCCC1)c1ccn(-c2ccccc2F)n1. The number of nitrogens with zero attached hydrogens (tertiary/aromatic N) is 2. The molecular formula is C17H20FN3O. The monoisotopic (exact) mass is 301 g/mol. The van der Waals surface area contributed by atoms with Crippen LogP contribution in [0.25, 0.3) is 5.69 Å². The minimum absolute atomic E-state index is 0.201. The first kappa shape index (κ1) is 14.8. The van der Waals surface area contributed by atoms with Crippen LogP contribution < -0.4 is 5.32 Å². The number of benzene rings is 1. The van der Waals surface area contributed by atoms with E-state index in [9.17, 15) is 9.18 Å². The van der Waals surface area contributed by atoms with Gasteiger partial charge in [-0.15, -0.1) is 0 Å². The van der Waals surface area contributed by atoms with E-state index < -0.39 is 0 Å². The Kier molecular flexibility index (Phi) is 4.51. The van der Waals surface area contributed by atoms with Crippen molar-refractivity contribution in [1.82, 2.24) is 15.1 Å². The summed E-state index contributed by atoms with van der Waals surface area (Å²) in [6, 6.07) is 7.97. The van der Waals surface area contributed by atoms with Gasteiger partial charge >= 0.3 is 0 Å². The maximum atomic E-state index is 13.7. The zero-order valence-electron chi connectivity index (χ0n) is 12.5. The zero-order chi connectivity index (χ0) is 15.4. The Labute approximate surface area is 129 Å². The molecule has 0 bridgehead atoms. The van der Waals surface area contributed by atoms with Crippen LogP contribution in [0.2, 0.25) is 0 Å². The van der Waals surface area contributed by atoms with E-state index in [-0.39, 0.29) is 11.7 Å². The molecule has 0 atom stereocenters. The summed E-state index contributed by atoms with van der Waals surface area (Å²) in [6.45, 7) is 0.677. The smallest absolute Gasteiger partial charge is 0.271 e. The molecule has 5 heteroatoms. The van der Waals surface area contributed by atoms with Crippen molar-refractivity contribution >= 4 is 5.91 Å². The molecule has 1 fully saturated rings. The lowest BCUT2D eigenvalue weighted by Crippen LogP contribution is -2.26. The molecule has 0 aliphatic heterocycles. The quantitative estimate of drug-likeness (QED) is 0.921. The van der Waals surface area contributed by atoms with Gasteiger partial charge in [-0.25, -0.2) is 9.07 Å². The number of halogens is 1. The molecule has 1 aromatic carbocycles. The van der Waals surface area contributed by atoms with Gasteiger partial charge in [0, 0.05) is 12.7 Å². The van der Waals surface area contributed by atoms with Crippen molar-refractivity contribution in [2.24, 2.45) is 5.92 Å². The summed E-state index contributed by atoms with van der Waals surface area (Å²) < 4.78 is 15.1. The highest BCUT2D eigenvalue weighted by molar-refractivity contribution is 5.92. The molecule has 3 rings (SSSR count). The highest BCUT2D eigenvalue weighted by Crippen LogP contribution is 2.26. The number of aromatic nitrogens is 2. The van der Waals surface area contributed by atoms with Crippen LogP contribution in [-0.4, -0.2) is 22.2 Å². The summed E-state index contributed by atoms with van der Waals surface area (Å²) in [5.41, 5.74) is 0.655. The molecule has 1 aromatic heterocycles. The topological polar surface area (TPSA) is 46.9 Å². The third-order valence-electron chi connectivity index (χ3n) is 4.23. The Hall–Kier alpha value is -2.17. The van der Waals surface area contributed by atoms with Crippen LogP contribution in [0.15, 0.2) is 36.5 Å². The van der Waals surface area contributed by atoms with Crippen LogP contribution in [0.3, 0.4) is 0 Å². The molecule has 22 heavy (non-hydrogen) atoms. The summed E-state index contributed by atoms with van der Waals surface area (Å²) in [5.74, 6) is 0.183. The number of amides is 1. The van der Waals surface area contributed by atoms with Gasteiger partial charge in [0.05, 0.1) is 0 Å².